The molecule has 1 aliphatic rings. The first kappa shape index (κ1) is 19.5. The van der Waals surface area contributed by atoms with Crippen LogP contribution in [0.1, 0.15) is 25.3 Å². The molecule has 1 aromatic carbocycles. The number of rotatable bonds is 5. The number of guanidine groups is 1. The van der Waals surface area contributed by atoms with Crippen LogP contribution in [0.25, 0.3) is 0 Å². The summed E-state index contributed by atoms with van der Waals surface area (Å²) in [6.07, 6.45) is 3.19. The van der Waals surface area contributed by atoms with Crippen molar-refractivity contribution in [3.63, 3.8) is 0 Å². The van der Waals surface area contributed by atoms with Crippen LogP contribution < -0.4 is 10.6 Å². The van der Waals surface area contributed by atoms with Crippen LogP contribution >= 0.6 is 35.7 Å². The van der Waals surface area contributed by atoms with Crippen LogP contribution in [-0.4, -0.2) is 36.6 Å². The molecule has 1 fully saturated rings. The van der Waals surface area contributed by atoms with Gasteiger partial charge in [-0.15, -0.1) is 24.0 Å². The molecule has 0 spiro atoms. The van der Waals surface area contributed by atoms with Gasteiger partial charge in [-0.25, -0.2) is 4.39 Å². The molecular weight excluding hydrogens is 412 g/mol. The fourth-order valence-corrected chi connectivity index (χ4v) is 3.73. The third kappa shape index (κ3) is 5.95. The molecule has 0 bridgehead atoms. The quantitative estimate of drug-likeness (QED) is 0.421. The summed E-state index contributed by atoms with van der Waals surface area (Å²) < 4.78 is 13.8. The predicted molar refractivity (Wildman–Crippen MR) is 105 cm³/mol. The summed E-state index contributed by atoms with van der Waals surface area (Å²) in [6.45, 7) is 3.88. The smallest absolute Gasteiger partial charge is 0.191 e. The Kier molecular flexibility index (Phi) is 8.53. The first-order valence-electron chi connectivity index (χ1n) is 7.45. The molecule has 3 nitrogen and oxygen atoms in total. The summed E-state index contributed by atoms with van der Waals surface area (Å²) in [5.41, 5.74) is 0.735. The lowest BCUT2D eigenvalue weighted by Gasteiger charge is -2.24. The first-order valence-corrected chi connectivity index (χ1v) is 8.43. The largest absolute Gasteiger partial charge is 0.356 e. The minimum absolute atomic E-state index is 0. The molecule has 0 amide bonds. The van der Waals surface area contributed by atoms with Crippen LogP contribution in [0.3, 0.4) is 0 Å². The average Bonchev–Trinajstić information content (AvgIpc) is 2.91. The van der Waals surface area contributed by atoms with Gasteiger partial charge in [0.2, 0.25) is 0 Å². The summed E-state index contributed by atoms with van der Waals surface area (Å²) in [6, 6.07) is 6.90. The van der Waals surface area contributed by atoms with Gasteiger partial charge in [0, 0.05) is 24.9 Å². The number of benzene rings is 1. The fourth-order valence-electron chi connectivity index (χ4n) is 2.48. The number of halogens is 2. The van der Waals surface area contributed by atoms with E-state index in [1.54, 1.807) is 13.1 Å². The maximum atomic E-state index is 13.5. The van der Waals surface area contributed by atoms with Crippen molar-refractivity contribution >= 4 is 41.7 Å². The number of hydrogen-bond acceptors (Lipinski definition) is 2. The van der Waals surface area contributed by atoms with Crippen molar-refractivity contribution in [2.75, 3.05) is 25.9 Å². The number of nitrogens with zero attached hydrogens (tertiary/aromatic N) is 1. The molecule has 2 rings (SSSR count). The second-order valence-corrected chi connectivity index (χ2v) is 7.28. The topological polar surface area (TPSA) is 36.4 Å². The van der Waals surface area contributed by atoms with Gasteiger partial charge in [0.25, 0.3) is 0 Å². The Morgan fingerprint density at radius 3 is 2.77 bits per heavy atom. The molecule has 0 aromatic heterocycles. The third-order valence-corrected chi connectivity index (χ3v) is 5.34. The maximum Gasteiger partial charge on any atom is 0.191 e. The zero-order chi connectivity index (χ0) is 15.1. The number of hydrogen-bond donors (Lipinski definition) is 2. The molecule has 0 aliphatic carbocycles. The van der Waals surface area contributed by atoms with Gasteiger partial charge < -0.3 is 10.6 Å². The monoisotopic (exact) mass is 437 g/mol. The maximum absolute atomic E-state index is 13.5. The van der Waals surface area contributed by atoms with Crippen LogP contribution in [0.15, 0.2) is 29.3 Å². The van der Waals surface area contributed by atoms with Crippen LogP contribution in [0.5, 0.6) is 0 Å². The highest BCUT2D eigenvalue weighted by molar-refractivity contribution is 14.0. The van der Waals surface area contributed by atoms with E-state index in [2.05, 4.69) is 22.5 Å². The summed E-state index contributed by atoms with van der Waals surface area (Å²) in [5, 5.41) is 6.63. The van der Waals surface area contributed by atoms with E-state index in [9.17, 15) is 4.39 Å². The third-order valence-electron chi connectivity index (χ3n) is 3.80. The Balaban J connectivity index is 0.00000242. The Labute approximate surface area is 154 Å². The Bertz CT molecular complexity index is 490. The summed E-state index contributed by atoms with van der Waals surface area (Å²) in [7, 11) is 1.77. The van der Waals surface area contributed by atoms with Crippen molar-refractivity contribution in [3.8, 4) is 0 Å². The van der Waals surface area contributed by atoms with Crippen LogP contribution in [-0.2, 0) is 6.42 Å². The Morgan fingerprint density at radius 2 is 2.14 bits per heavy atom. The zero-order valence-electron chi connectivity index (χ0n) is 13.2. The van der Waals surface area contributed by atoms with Gasteiger partial charge in [-0.1, -0.05) is 18.2 Å². The van der Waals surface area contributed by atoms with Crippen LogP contribution in [0.4, 0.5) is 4.39 Å². The van der Waals surface area contributed by atoms with Crippen LogP contribution in [0, 0.1) is 5.82 Å². The second-order valence-electron chi connectivity index (χ2n) is 5.60. The van der Waals surface area contributed by atoms with E-state index in [0.717, 1.165) is 18.1 Å². The molecular formula is C16H25FIN3S. The molecule has 1 saturated heterocycles. The molecule has 0 saturated carbocycles. The normalized spacial score (nSPS) is 21.3. The summed E-state index contributed by atoms with van der Waals surface area (Å²) in [5.74, 6) is 1.90. The van der Waals surface area contributed by atoms with Gasteiger partial charge in [-0.05, 0) is 43.6 Å². The van der Waals surface area contributed by atoms with E-state index >= 15 is 0 Å². The Morgan fingerprint density at radius 1 is 1.36 bits per heavy atom. The second kappa shape index (κ2) is 9.60. The molecule has 124 valence electrons. The van der Waals surface area contributed by atoms with Gasteiger partial charge in [0.1, 0.15) is 5.82 Å². The molecule has 1 unspecified atom stereocenters. The molecule has 1 aromatic rings. The van der Waals surface area contributed by atoms with Gasteiger partial charge in [-0.3, -0.25) is 4.99 Å². The van der Waals surface area contributed by atoms with Crippen molar-refractivity contribution in [3.05, 3.63) is 35.6 Å². The number of thioether (sulfide) groups is 1. The lowest BCUT2D eigenvalue weighted by molar-refractivity contribution is 0.583. The van der Waals surface area contributed by atoms with Crippen LogP contribution in [0.2, 0.25) is 0 Å². The fraction of sp³-hybridized carbons (Fsp3) is 0.562. The van der Waals surface area contributed by atoms with Crippen molar-refractivity contribution in [1.29, 1.82) is 0 Å². The molecule has 1 heterocycles. The van der Waals surface area contributed by atoms with E-state index in [4.69, 9.17) is 0 Å². The van der Waals surface area contributed by atoms with E-state index < -0.39 is 0 Å². The highest BCUT2D eigenvalue weighted by Gasteiger charge is 2.29. The van der Waals surface area contributed by atoms with Gasteiger partial charge in [-0.2, -0.15) is 11.8 Å². The van der Waals surface area contributed by atoms with Gasteiger partial charge in [0.05, 0.1) is 0 Å². The summed E-state index contributed by atoms with van der Waals surface area (Å²) in [4.78, 5) is 4.23. The van der Waals surface area contributed by atoms with Crippen molar-refractivity contribution in [2.45, 2.75) is 30.9 Å². The lowest BCUT2D eigenvalue weighted by atomic mass is 10.1. The highest BCUT2D eigenvalue weighted by atomic mass is 127. The zero-order valence-corrected chi connectivity index (χ0v) is 16.3. The number of nitrogens with one attached hydrogen (secondary N) is 2. The van der Waals surface area contributed by atoms with Crippen molar-refractivity contribution in [2.24, 2.45) is 4.99 Å². The molecule has 1 aliphatic heterocycles. The van der Waals surface area contributed by atoms with E-state index in [0.29, 0.717) is 17.7 Å². The standard InChI is InChI=1S/C16H24FN3S.HI/c1-16(9-5-11-21-16)12-20-15(18-2)19-10-8-13-6-3-4-7-14(13)17;/h3-4,6-7H,5,8-12H2,1-2H3,(H2,18,19,20);1H. The first-order chi connectivity index (χ1) is 10.1. The Hall–Kier alpha value is -0.500. The lowest BCUT2D eigenvalue weighted by Crippen LogP contribution is -2.44. The van der Waals surface area contributed by atoms with Gasteiger partial charge >= 0.3 is 0 Å². The molecule has 2 N–H and O–H groups in total. The minimum atomic E-state index is -0.142. The van der Waals surface area contributed by atoms with Crippen molar-refractivity contribution in [1.82, 2.24) is 10.6 Å². The molecule has 0 radical (unpaired) electrons. The van der Waals surface area contributed by atoms with Crippen molar-refractivity contribution < 1.29 is 4.39 Å². The number of aliphatic imine (C=N–C) groups is 1. The molecule has 22 heavy (non-hydrogen) atoms. The highest BCUT2D eigenvalue weighted by Crippen LogP contribution is 2.36. The van der Waals surface area contributed by atoms with E-state index in [-0.39, 0.29) is 29.8 Å². The summed E-state index contributed by atoms with van der Waals surface area (Å²) >= 11 is 2.02. The molecule has 1 atom stereocenters. The van der Waals surface area contributed by atoms with E-state index in [1.165, 1.54) is 24.7 Å². The van der Waals surface area contributed by atoms with Gasteiger partial charge in [0.15, 0.2) is 5.96 Å². The average molecular weight is 437 g/mol. The predicted octanol–water partition coefficient (Wildman–Crippen LogP) is 3.44. The SMILES string of the molecule is CN=C(NCCc1ccccc1F)NCC1(C)CCCS1.I. The minimum Gasteiger partial charge on any atom is -0.356 e. The molecule has 6 heteroatoms. The van der Waals surface area contributed by atoms with E-state index in [1.807, 2.05) is 23.9 Å².